The molecule has 0 fully saturated rings. The summed E-state index contributed by atoms with van der Waals surface area (Å²) in [6, 6.07) is 6.75. The van der Waals surface area contributed by atoms with Crippen LogP contribution in [-0.2, 0) is 6.42 Å². The van der Waals surface area contributed by atoms with Crippen LogP contribution >= 0.6 is 11.6 Å². The Morgan fingerprint density at radius 2 is 2.23 bits per heavy atom. The first-order chi connectivity index (χ1) is 6.22. The molecule has 1 rings (SSSR count). The van der Waals surface area contributed by atoms with Crippen molar-refractivity contribution in [3.05, 3.63) is 35.6 Å². The maximum Gasteiger partial charge on any atom is 0.123 e. The standard InChI is InChI=1S/C11H14ClF/c1-9(8-12)5-6-10-3-2-4-11(13)7-10/h2-4,7,9H,5-6,8H2,1H3. The van der Waals surface area contributed by atoms with Gasteiger partial charge in [-0.15, -0.1) is 11.6 Å². The normalized spacial score (nSPS) is 12.8. The molecule has 2 heteroatoms. The van der Waals surface area contributed by atoms with E-state index in [1.165, 1.54) is 6.07 Å². The summed E-state index contributed by atoms with van der Waals surface area (Å²) in [4.78, 5) is 0. The Balaban J connectivity index is 2.45. The SMILES string of the molecule is CC(CCl)CCc1cccc(F)c1. The van der Waals surface area contributed by atoms with Crippen molar-refractivity contribution in [1.82, 2.24) is 0 Å². The van der Waals surface area contributed by atoms with Crippen LogP contribution in [0.3, 0.4) is 0 Å². The summed E-state index contributed by atoms with van der Waals surface area (Å²) in [5.74, 6) is 1.02. The predicted octanol–water partition coefficient (Wildman–Crippen LogP) is 3.63. The Morgan fingerprint density at radius 1 is 1.46 bits per heavy atom. The van der Waals surface area contributed by atoms with Crippen LogP contribution in [0.1, 0.15) is 18.9 Å². The van der Waals surface area contributed by atoms with Gasteiger partial charge in [0.15, 0.2) is 0 Å². The Kier molecular flexibility index (Phi) is 4.23. The van der Waals surface area contributed by atoms with Gasteiger partial charge in [0, 0.05) is 5.88 Å². The highest BCUT2D eigenvalue weighted by atomic mass is 35.5. The van der Waals surface area contributed by atoms with Crippen LogP contribution in [0.2, 0.25) is 0 Å². The van der Waals surface area contributed by atoms with Crippen LogP contribution in [0.25, 0.3) is 0 Å². The lowest BCUT2D eigenvalue weighted by atomic mass is 10.0. The van der Waals surface area contributed by atoms with Gasteiger partial charge in [0.2, 0.25) is 0 Å². The summed E-state index contributed by atoms with van der Waals surface area (Å²) in [7, 11) is 0. The highest BCUT2D eigenvalue weighted by Gasteiger charge is 2.01. The summed E-state index contributed by atoms with van der Waals surface area (Å²) < 4.78 is 12.7. The van der Waals surface area contributed by atoms with Crippen LogP contribution in [0.5, 0.6) is 0 Å². The van der Waals surface area contributed by atoms with Crippen molar-refractivity contribution in [2.75, 3.05) is 5.88 Å². The molecule has 0 saturated carbocycles. The third-order valence-electron chi connectivity index (χ3n) is 2.08. The summed E-state index contributed by atoms with van der Waals surface area (Å²) in [6.07, 6.45) is 1.93. The van der Waals surface area contributed by atoms with E-state index in [-0.39, 0.29) is 5.82 Å². The Morgan fingerprint density at radius 3 is 2.85 bits per heavy atom. The molecule has 0 radical (unpaired) electrons. The number of aryl methyl sites for hydroxylation is 1. The lowest BCUT2D eigenvalue weighted by Crippen LogP contribution is -1.98. The van der Waals surface area contributed by atoms with Gasteiger partial charge in [0.25, 0.3) is 0 Å². The molecule has 0 N–H and O–H groups in total. The Labute approximate surface area is 83.7 Å². The van der Waals surface area contributed by atoms with E-state index >= 15 is 0 Å². The van der Waals surface area contributed by atoms with Crippen LogP contribution in [0.4, 0.5) is 4.39 Å². The molecular formula is C11H14ClF. The Bertz CT molecular complexity index is 260. The number of hydrogen-bond donors (Lipinski definition) is 0. The van der Waals surface area contributed by atoms with Crippen molar-refractivity contribution in [2.45, 2.75) is 19.8 Å². The molecule has 0 saturated heterocycles. The molecule has 0 spiro atoms. The van der Waals surface area contributed by atoms with Crippen molar-refractivity contribution in [3.8, 4) is 0 Å². The summed E-state index contributed by atoms with van der Waals surface area (Å²) in [6.45, 7) is 2.10. The highest BCUT2D eigenvalue weighted by molar-refractivity contribution is 6.18. The van der Waals surface area contributed by atoms with Gasteiger partial charge in [-0.05, 0) is 36.5 Å². The van der Waals surface area contributed by atoms with Gasteiger partial charge in [-0.3, -0.25) is 0 Å². The van der Waals surface area contributed by atoms with Gasteiger partial charge >= 0.3 is 0 Å². The third-order valence-corrected chi connectivity index (χ3v) is 2.61. The van der Waals surface area contributed by atoms with Gasteiger partial charge in [-0.2, -0.15) is 0 Å². The number of halogens is 2. The number of rotatable bonds is 4. The van der Waals surface area contributed by atoms with E-state index in [2.05, 4.69) is 6.92 Å². The second-order valence-electron chi connectivity index (χ2n) is 3.43. The van der Waals surface area contributed by atoms with Crippen molar-refractivity contribution < 1.29 is 4.39 Å². The van der Waals surface area contributed by atoms with E-state index in [1.807, 2.05) is 6.07 Å². The van der Waals surface area contributed by atoms with E-state index < -0.39 is 0 Å². The molecule has 1 atom stereocenters. The van der Waals surface area contributed by atoms with Crippen molar-refractivity contribution >= 4 is 11.6 Å². The monoisotopic (exact) mass is 200 g/mol. The summed E-state index contributed by atoms with van der Waals surface area (Å²) >= 11 is 5.68. The molecule has 0 bridgehead atoms. The van der Waals surface area contributed by atoms with Gasteiger partial charge in [0.05, 0.1) is 0 Å². The fraction of sp³-hybridized carbons (Fsp3) is 0.455. The molecule has 0 aliphatic carbocycles. The lowest BCUT2D eigenvalue weighted by molar-refractivity contribution is 0.587. The molecule has 0 amide bonds. The van der Waals surface area contributed by atoms with Crippen molar-refractivity contribution in [1.29, 1.82) is 0 Å². The first-order valence-corrected chi connectivity index (χ1v) is 5.06. The van der Waals surface area contributed by atoms with Crippen LogP contribution in [-0.4, -0.2) is 5.88 Å². The average Bonchev–Trinajstić information content (AvgIpc) is 2.14. The fourth-order valence-corrected chi connectivity index (χ4v) is 1.34. The molecule has 1 unspecified atom stereocenters. The Hall–Kier alpha value is -0.560. The van der Waals surface area contributed by atoms with E-state index in [0.29, 0.717) is 11.8 Å². The quantitative estimate of drug-likeness (QED) is 0.652. The minimum absolute atomic E-state index is 0.156. The average molecular weight is 201 g/mol. The smallest absolute Gasteiger partial charge is 0.123 e. The largest absolute Gasteiger partial charge is 0.207 e. The van der Waals surface area contributed by atoms with E-state index in [9.17, 15) is 4.39 Å². The van der Waals surface area contributed by atoms with E-state index in [1.54, 1.807) is 12.1 Å². The second kappa shape index (κ2) is 5.23. The molecule has 0 aliphatic rings. The second-order valence-corrected chi connectivity index (χ2v) is 3.74. The molecule has 1 aromatic carbocycles. The summed E-state index contributed by atoms with van der Waals surface area (Å²) in [5, 5.41) is 0. The van der Waals surface area contributed by atoms with Gasteiger partial charge in [-0.1, -0.05) is 19.1 Å². The molecule has 72 valence electrons. The summed E-state index contributed by atoms with van der Waals surface area (Å²) in [5.41, 5.74) is 1.05. The number of alkyl halides is 1. The van der Waals surface area contributed by atoms with Gasteiger partial charge in [0.1, 0.15) is 5.82 Å². The molecule has 13 heavy (non-hydrogen) atoms. The van der Waals surface area contributed by atoms with Crippen molar-refractivity contribution in [2.24, 2.45) is 5.92 Å². The van der Waals surface area contributed by atoms with Crippen LogP contribution < -0.4 is 0 Å². The molecule has 0 aliphatic heterocycles. The fourth-order valence-electron chi connectivity index (χ4n) is 1.18. The maximum absolute atomic E-state index is 12.7. The minimum atomic E-state index is -0.156. The molecule has 0 heterocycles. The molecular weight excluding hydrogens is 187 g/mol. The minimum Gasteiger partial charge on any atom is -0.207 e. The molecule has 0 nitrogen and oxygen atoms in total. The molecule has 1 aromatic rings. The van der Waals surface area contributed by atoms with Crippen LogP contribution in [0, 0.1) is 11.7 Å². The third kappa shape index (κ3) is 3.77. The highest BCUT2D eigenvalue weighted by Crippen LogP contribution is 2.11. The van der Waals surface area contributed by atoms with Crippen LogP contribution in [0.15, 0.2) is 24.3 Å². The zero-order chi connectivity index (χ0) is 9.68. The molecule has 0 aromatic heterocycles. The van der Waals surface area contributed by atoms with E-state index in [0.717, 1.165) is 18.4 Å². The van der Waals surface area contributed by atoms with Crippen molar-refractivity contribution in [3.63, 3.8) is 0 Å². The topological polar surface area (TPSA) is 0 Å². The maximum atomic E-state index is 12.7. The number of benzene rings is 1. The zero-order valence-corrected chi connectivity index (χ0v) is 8.52. The first-order valence-electron chi connectivity index (χ1n) is 4.53. The zero-order valence-electron chi connectivity index (χ0n) is 7.76. The van der Waals surface area contributed by atoms with Gasteiger partial charge < -0.3 is 0 Å². The first kappa shape index (κ1) is 10.5. The lowest BCUT2D eigenvalue weighted by Gasteiger charge is -2.06. The van der Waals surface area contributed by atoms with E-state index in [4.69, 9.17) is 11.6 Å². The van der Waals surface area contributed by atoms with Gasteiger partial charge in [-0.25, -0.2) is 4.39 Å². The predicted molar refractivity (Wildman–Crippen MR) is 54.6 cm³/mol. The number of hydrogen-bond acceptors (Lipinski definition) is 0.